The van der Waals surface area contributed by atoms with Crippen LogP contribution < -0.4 is 5.56 Å². The van der Waals surface area contributed by atoms with E-state index in [4.69, 9.17) is 0 Å². The molecular formula is C18H22N2O3. The molecule has 1 amide bonds. The molecule has 5 heteroatoms. The summed E-state index contributed by atoms with van der Waals surface area (Å²) in [5.74, 6) is -0.201. The number of amides is 1. The van der Waals surface area contributed by atoms with Crippen LogP contribution in [0.15, 0.2) is 41.3 Å². The van der Waals surface area contributed by atoms with Crippen LogP contribution in [0.3, 0.4) is 0 Å². The largest absolute Gasteiger partial charge is 0.387 e. The van der Waals surface area contributed by atoms with E-state index in [1.165, 1.54) is 12.3 Å². The lowest BCUT2D eigenvalue weighted by molar-refractivity contribution is 0.0634. The molecule has 0 aliphatic carbocycles. The average molecular weight is 314 g/mol. The minimum atomic E-state index is -0.748. The molecule has 0 spiro atoms. The van der Waals surface area contributed by atoms with Gasteiger partial charge in [-0.2, -0.15) is 0 Å². The molecule has 0 aliphatic rings. The smallest absolute Gasteiger partial charge is 0.255 e. The van der Waals surface area contributed by atoms with Crippen molar-refractivity contribution in [1.29, 1.82) is 0 Å². The summed E-state index contributed by atoms with van der Waals surface area (Å²) in [7, 11) is 0. The first-order valence-corrected chi connectivity index (χ1v) is 7.65. The van der Waals surface area contributed by atoms with Crippen molar-refractivity contribution in [2.75, 3.05) is 13.1 Å². The van der Waals surface area contributed by atoms with E-state index in [9.17, 15) is 14.7 Å². The first-order valence-electron chi connectivity index (χ1n) is 7.65. The van der Waals surface area contributed by atoms with Gasteiger partial charge in [-0.1, -0.05) is 29.8 Å². The van der Waals surface area contributed by atoms with Crippen molar-refractivity contribution < 1.29 is 9.90 Å². The number of hydrogen-bond acceptors (Lipinski definition) is 3. The molecule has 1 atom stereocenters. The van der Waals surface area contributed by atoms with E-state index in [0.717, 1.165) is 11.1 Å². The van der Waals surface area contributed by atoms with Gasteiger partial charge in [0.05, 0.1) is 18.2 Å². The van der Waals surface area contributed by atoms with E-state index in [1.54, 1.807) is 11.8 Å². The number of benzene rings is 1. The Morgan fingerprint density at radius 2 is 1.91 bits per heavy atom. The van der Waals surface area contributed by atoms with Gasteiger partial charge in [0.2, 0.25) is 5.56 Å². The number of likely N-dealkylation sites (N-methyl/N-ethyl adjacent to an activating group) is 1. The Balaban J connectivity index is 2.17. The highest BCUT2D eigenvalue weighted by Gasteiger charge is 2.20. The Labute approximate surface area is 135 Å². The van der Waals surface area contributed by atoms with Crippen LogP contribution in [0.4, 0.5) is 0 Å². The maximum absolute atomic E-state index is 12.6. The zero-order valence-corrected chi connectivity index (χ0v) is 13.7. The fourth-order valence-electron chi connectivity index (χ4n) is 2.43. The van der Waals surface area contributed by atoms with E-state index >= 15 is 0 Å². The van der Waals surface area contributed by atoms with Crippen LogP contribution in [0.2, 0.25) is 0 Å². The molecule has 0 saturated carbocycles. The number of carbonyl (C=O) groups excluding carboxylic acids is 1. The van der Waals surface area contributed by atoms with Crippen molar-refractivity contribution in [2.45, 2.75) is 26.9 Å². The average Bonchev–Trinajstić information content (AvgIpc) is 2.52. The molecule has 0 fully saturated rings. The predicted octanol–water partition coefficient (Wildman–Crippen LogP) is 2.19. The molecule has 122 valence electrons. The summed E-state index contributed by atoms with van der Waals surface area (Å²) in [5.41, 5.74) is 2.74. The number of nitrogens with zero attached hydrogens (tertiary/aromatic N) is 1. The third kappa shape index (κ3) is 4.07. The second-order valence-electron chi connectivity index (χ2n) is 5.66. The zero-order chi connectivity index (χ0) is 17.0. The van der Waals surface area contributed by atoms with Crippen molar-refractivity contribution in [3.05, 3.63) is 69.1 Å². The fraction of sp³-hybridized carbons (Fsp3) is 0.333. The molecule has 0 saturated heterocycles. The maximum atomic E-state index is 12.6. The molecule has 23 heavy (non-hydrogen) atoms. The lowest BCUT2D eigenvalue weighted by atomic mass is 10.1. The minimum absolute atomic E-state index is 0.201. The summed E-state index contributed by atoms with van der Waals surface area (Å²) >= 11 is 0. The number of carbonyl (C=O) groups is 1. The monoisotopic (exact) mass is 314 g/mol. The first kappa shape index (κ1) is 17.0. The van der Waals surface area contributed by atoms with Gasteiger partial charge in [-0.25, -0.2) is 0 Å². The van der Waals surface area contributed by atoms with Crippen molar-refractivity contribution >= 4 is 5.91 Å². The number of hydrogen-bond donors (Lipinski definition) is 2. The summed E-state index contributed by atoms with van der Waals surface area (Å²) < 4.78 is 0. The normalized spacial score (nSPS) is 12.0. The summed E-state index contributed by atoms with van der Waals surface area (Å²) in [4.78, 5) is 28.0. The molecule has 2 N–H and O–H groups in total. The van der Waals surface area contributed by atoms with E-state index in [1.807, 2.05) is 38.1 Å². The molecule has 0 bridgehead atoms. The molecule has 1 aromatic heterocycles. The Bertz CT molecular complexity index is 735. The van der Waals surface area contributed by atoms with E-state index in [2.05, 4.69) is 4.98 Å². The third-order valence-electron chi connectivity index (χ3n) is 3.89. The van der Waals surface area contributed by atoms with E-state index < -0.39 is 6.10 Å². The van der Waals surface area contributed by atoms with Gasteiger partial charge in [-0.3, -0.25) is 9.59 Å². The maximum Gasteiger partial charge on any atom is 0.255 e. The summed E-state index contributed by atoms with van der Waals surface area (Å²) in [5, 5.41) is 10.4. The van der Waals surface area contributed by atoms with Crippen LogP contribution in [-0.2, 0) is 0 Å². The number of aliphatic hydroxyl groups is 1. The molecule has 1 heterocycles. The summed E-state index contributed by atoms with van der Waals surface area (Å²) in [6.45, 7) is 6.25. The lowest BCUT2D eigenvalue weighted by Gasteiger charge is -2.24. The number of aromatic amines is 1. The number of rotatable bonds is 5. The first-order chi connectivity index (χ1) is 10.9. The summed E-state index contributed by atoms with van der Waals surface area (Å²) in [6, 6.07) is 9.00. The van der Waals surface area contributed by atoms with Crippen LogP contribution in [0.25, 0.3) is 0 Å². The molecule has 5 nitrogen and oxygen atoms in total. The Kier molecular flexibility index (Phi) is 5.34. The highest BCUT2D eigenvalue weighted by atomic mass is 16.3. The lowest BCUT2D eigenvalue weighted by Crippen LogP contribution is -2.35. The van der Waals surface area contributed by atoms with Gasteiger partial charge in [0.1, 0.15) is 0 Å². The number of aliphatic hydroxyl groups excluding tert-OH is 1. The Morgan fingerprint density at radius 3 is 2.48 bits per heavy atom. The molecule has 2 rings (SSSR count). The van der Waals surface area contributed by atoms with Gasteiger partial charge < -0.3 is 15.0 Å². The van der Waals surface area contributed by atoms with Gasteiger partial charge in [0.15, 0.2) is 0 Å². The molecule has 0 radical (unpaired) electrons. The zero-order valence-electron chi connectivity index (χ0n) is 13.7. The number of nitrogens with one attached hydrogen (secondary N) is 1. The molecule has 1 unspecified atom stereocenters. The molecular weight excluding hydrogens is 292 g/mol. The summed E-state index contributed by atoms with van der Waals surface area (Å²) in [6.07, 6.45) is 0.684. The van der Waals surface area contributed by atoms with Crippen LogP contribution >= 0.6 is 0 Å². The predicted molar refractivity (Wildman–Crippen MR) is 89.5 cm³/mol. The van der Waals surface area contributed by atoms with Crippen molar-refractivity contribution in [2.24, 2.45) is 0 Å². The topological polar surface area (TPSA) is 73.4 Å². The Hall–Kier alpha value is -2.40. The van der Waals surface area contributed by atoms with Gasteiger partial charge in [0, 0.05) is 18.8 Å². The molecule has 1 aromatic carbocycles. The number of aryl methyl sites for hydroxylation is 2. The molecule has 2 aromatic rings. The minimum Gasteiger partial charge on any atom is -0.387 e. The second kappa shape index (κ2) is 7.24. The highest BCUT2D eigenvalue weighted by molar-refractivity contribution is 5.95. The number of H-pyrrole nitrogens is 1. The van der Waals surface area contributed by atoms with Gasteiger partial charge in [-0.05, 0) is 31.9 Å². The van der Waals surface area contributed by atoms with Crippen molar-refractivity contribution in [3.63, 3.8) is 0 Å². The quantitative estimate of drug-likeness (QED) is 0.888. The van der Waals surface area contributed by atoms with Crippen LogP contribution in [0.1, 0.15) is 40.1 Å². The Morgan fingerprint density at radius 1 is 1.26 bits per heavy atom. The number of pyridine rings is 1. The van der Waals surface area contributed by atoms with Gasteiger partial charge in [-0.15, -0.1) is 0 Å². The van der Waals surface area contributed by atoms with Gasteiger partial charge >= 0.3 is 0 Å². The SMILES string of the molecule is CCN(CC(O)c1ccc(C)cc1)C(=O)c1c[nH]c(=O)cc1C. The van der Waals surface area contributed by atoms with E-state index in [-0.39, 0.29) is 18.0 Å². The fourth-order valence-corrected chi connectivity index (χ4v) is 2.43. The second-order valence-corrected chi connectivity index (χ2v) is 5.66. The van der Waals surface area contributed by atoms with Gasteiger partial charge in [0.25, 0.3) is 5.91 Å². The number of aromatic nitrogens is 1. The van der Waals surface area contributed by atoms with Crippen LogP contribution in [0.5, 0.6) is 0 Å². The van der Waals surface area contributed by atoms with Crippen LogP contribution in [0, 0.1) is 13.8 Å². The van der Waals surface area contributed by atoms with E-state index in [0.29, 0.717) is 17.7 Å². The van der Waals surface area contributed by atoms with Crippen molar-refractivity contribution in [3.8, 4) is 0 Å². The van der Waals surface area contributed by atoms with Crippen molar-refractivity contribution in [1.82, 2.24) is 9.88 Å². The standard InChI is InChI=1S/C18H22N2O3/c1-4-20(11-16(21)14-7-5-12(2)6-8-14)18(23)15-10-19-17(22)9-13(15)3/h5-10,16,21H,4,11H2,1-3H3,(H,19,22). The highest BCUT2D eigenvalue weighted by Crippen LogP contribution is 2.17. The molecule has 0 aliphatic heterocycles. The van der Waals surface area contributed by atoms with Crippen LogP contribution in [-0.4, -0.2) is 34.0 Å². The third-order valence-corrected chi connectivity index (χ3v) is 3.89.